The van der Waals surface area contributed by atoms with Crippen molar-refractivity contribution in [3.8, 4) is 5.75 Å². The summed E-state index contributed by atoms with van der Waals surface area (Å²) in [7, 11) is 1.62. The Bertz CT molecular complexity index is 839. The normalized spacial score (nSPS) is 28.8. The first-order valence-corrected chi connectivity index (χ1v) is 9.85. The van der Waals surface area contributed by atoms with Crippen LogP contribution in [0.4, 0.5) is 10.5 Å². The maximum Gasteiger partial charge on any atom is 0.321 e. The fourth-order valence-corrected chi connectivity index (χ4v) is 5.05. The van der Waals surface area contributed by atoms with Gasteiger partial charge >= 0.3 is 6.03 Å². The number of methoxy groups -OCH3 is 1. The fourth-order valence-electron chi connectivity index (χ4n) is 5.05. The van der Waals surface area contributed by atoms with Crippen molar-refractivity contribution in [1.82, 2.24) is 4.90 Å². The maximum atomic E-state index is 12.7. The van der Waals surface area contributed by atoms with Crippen molar-refractivity contribution in [2.45, 2.75) is 31.8 Å². The van der Waals surface area contributed by atoms with Gasteiger partial charge in [0.15, 0.2) is 0 Å². The largest absolute Gasteiger partial charge is 0.497 e. The van der Waals surface area contributed by atoms with Crippen LogP contribution in [0.2, 0.25) is 0 Å². The molecule has 5 nitrogen and oxygen atoms in total. The molecule has 148 valence electrons. The SMILES string of the molecule is COc1ccc(NC(=O)N2C[C@H]3C[C@](O)(Cc4ccccc4)C[C@@]3(C)C2)cc1. The third-order valence-electron chi connectivity index (χ3n) is 6.34. The smallest absolute Gasteiger partial charge is 0.321 e. The monoisotopic (exact) mass is 380 g/mol. The molecule has 0 spiro atoms. The van der Waals surface area contributed by atoms with Crippen LogP contribution in [0.1, 0.15) is 25.3 Å². The summed E-state index contributed by atoms with van der Waals surface area (Å²) in [5.74, 6) is 1.08. The van der Waals surface area contributed by atoms with E-state index in [-0.39, 0.29) is 11.4 Å². The number of carbonyl (C=O) groups is 1. The highest BCUT2D eigenvalue weighted by Crippen LogP contribution is 2.53. The molecule has 3 atom stereocenters. The Morgan fingerprint density at radius 2 is 1.93 bits per heavy atom. The number of rotatable bonds is 4. The lowest BCUT2D eigenvalue weighted by atomic mass is 9.82. The van der Waals surface area contributed by atoms with E-state index in [4.69, 9.17) is 4.74 Å². The van der Waals surface area contributed by atoms with E-state index in [1.165, 1.54) is 5.56 Å². The number of hydrogen-bond donors (Lipinski definition) is 2. The quantitative estimate of drug-likeness (QED) is 0.845. The Kier molecular flexibility index (Phi) is 4.79. The third kappa shape index (κ3) is 3.72. The van der Waals surface area contributed by atoms with Gasteiger partial charge in [-0.2, -0.15) is 0 Å². The van der Waals surface area contributed by atoms with Crippen LogP contribution >= 0.6 is 0 Å². The molecule has 2 N–H and O–H groups in total. The highest BCUT2D eigenvalue weighted by Gasteiger charge is 2.56. The van der Waals surface area contributed by atoms with E-state index >= 15 is 0 Å². The second kappa shape index (κ2) is 7.13. The van der Waals surface area contributed by atoms with Crippen LogP contribution in [0, 0.1) is 11.3 Å². The van der Waals surface area contributed by atoms with E-state index in [9.17, 15) is 9.90 Å². The van der Waals surface area contributed by atoms with Crippen LogP contribution < -0.4 is 10.1 Å². The minimum Gasteiger partial charge on any atom is -0.497 e. The molecule has 2 aromatic rings. The molecule has 5 heteroatoms. The molecular formula is C23H28N2O3. The van der Waals surface area contributed by atoms with Gasteiger partial charge < -0.3 is 20.1 Å². The van der Waals surface area contributed by atoms with Gasteiger partial charge in [0, 0.05) is 25.2 Å². The van der Waals surface area contributed by atoms with Crippen LogP contribution in [-0.2, 0) is 6.42 Å². The molecule has 0 unspecified atom stereocenters. The number of ether oxygens (including phenoxy) is 1. The van der Waals surface area contributed by atoms with Crippen molar-refractivity contribution in [3.05, 3.63) is 60.2 Å². The molecule has 1 aliphatic heterocycles. The van der Waals surface area contributed by atoms with Gasteiger partial charge in [-0.05, 0) is 54.0 Å². The van der Waals surface area contributed by atoms with Gasteiger partial charge in [-0.3, -0.25) is 0 Å². The van der Waals surface area contributed by atoms with Gasteiger partial charge in [0.2, 0.25) is 0 Å². The summed E-state index contributed by atoms with van der Waals surface area (Å²) in [5.41, 5.74) is 1.20. The van der Waals surface area contributed by atoms with E-state index < -0.39 is 5.60 Å². The second-order valence-corrected chi connectivity index (χ2v) is 8.66. The molecule has 4 rings (SSSR count). The van der Waals surface area contributed by atoms with Gasteiger partial charge in [-0.25, -0.2) is 4.79 Å². The topological polar surface area (TPSA) is 61.8 Å². The summed E-state index contributed by atoms with van der Waals surface area (Å²) in [5, 5.41) is 14.2. The minimum absolute atomic E-state index is 0.0409. The number of nitrogens with one attached hydrogen (secondary N) is 1. The Balaban J connectivity index is 1.38. The number of amides is 2. The zero-order valence-corrected chi connectivity index (χ0v) is 16.5. The fraction of sp³-hybridized carbons (Fsp3) is 0.435. The van der Waals surface area contributed by atoms with Crippen LogP contribution in [0.15, 0.2) is 54.6 Å². The summed E-state index contributed by atoms with van der Waals surface area (Å²) >= 11 is 0. The van der Waals surface area contributed by atoms with Crippen molar-refractivity contribution >= 4 is 11.7 Å². The summed E-state index contributed by atoms with van der Waals surface area (Å²) < 4.78 is 5.15. The summed E-state index contributed by atoms with van der Waals surface area (Å²) in [6.07, 6.45) is 2.15. The average molecular weight is 380 g/mol. The van der Waals surface area contributed by atoms with Crippen LogP contribution in [-0.4, -0.2) is 41.8 Å². The molecule has 28 heavy (non-hydrogen) atoms. The second-order valence-electron chi connectivity index (χ2n) is 8.66. The highest BCUT2D eigenvalue weighted by molar-refractivity contribution is 5.89. The Morgan fingerprint density at radius 1 is 1.21 bits per heavy atom. The average Bonchev–Trinajstić information content (AvgIpc) is 3.10. The Labute approximate surface area is 166 Å². The molecule has 0 bridgehead atoms. The van der Waals surface area contributed by atoms with Crippen molar-refractivity contribution in [2.75, 3.05) is 25.5 Å². The van der Waals surface area contributed by atoms with Gasteiger partial charge in [-0.15, -0.1) is 0 Å². The lowest BCUT2D eigenvalue weighted by Crippen LogP contribution is -2.38. The maximum absolute atomic E-state index is 12.7. The zero-order valence-electron chi connectivity index (χ0n) is 16.5. The molecular weight excluding hydrogens is 352 g/mol. The van der Waals surface area contributed by atoms with Crippen molar-refractivity contribution < 1.29 is 14.6 Å². The lowest BCUT2D eigenvalue weighted by Gasteiger charge is -2.29. The minimum atomic E-state index is -0.681. The van der Waals surface area contributed by atoms with E-state index in [1.54, 1.807) is 7.11 Å². The van der Waals surface area contributed by atoms with E-state index in [0.717, 1.165) is 24.3 Å². The number of likely N-dealkylation sites (tertiary alicyclic amines) is 1. The van der Waals surface area contributed by atoms with Crippen molar-refractivity contribution in [2.24, 2.45) is 11.3 Å². The molecule has 2 fully saturated rings. The zero-order chi connectivity index (χ0) is 19.8. The number of hydrogen-bond acceptors (Lipinski definition) is 3. The molecule has 1 saturated heterocycles. The van der Waals surface area contributed by atoms with Crippen LogP contribution in [0.5, 0.6) is 5.75 Å². The summed E-state index contributed by atoms with van der Waals surface area (Å²) in [4.78, 5) is 14.6. The third-order valence-corrected chi connectivity index (χ3v) is 6.34. The molecule has 2 aliphatic rings. The van der Waals surface area contributed by atoms with E-state index in [1.807, 2.05) is 47.4 Å². The van der Waals surface area contributed by atoms with E-state index in [2.05, 4.69) is 24.4 Å². The number of fused-ring (bicyclic) bond motifs is 1. The first-order valence-electron chi connectivity index (χ1n) is 9.85. The number of nitrogens with zero attached hydrogens (tertiary/aromatic N) is 1. The Morgan fingerprint density at radius 3 is 2.57 bits per heavy atom. The Hall–Kier alpha value is -2.53. The van der Waals surface area contributed by atoms with Gasteiger partial charge in [0.05, 0.1) is 12.7 Å². The molecule has 0 radical (unpaired) electrons. The molecule has 1 heterocycles. The van der Waals surface area contributed by atoms with E-state index in [0.29, 0.717) is 25.4 Å². The number of urea groups is 1. The number of benzene rings is 2. The van der Waals surface area contributed by atoms with Crippen molar-refractivity contribution in [3.63, 3.8) is 0 Å². The first kappa shape index (κ1) is 18.8. The summed E-state index contributed by atoms with van der Waals surface area (Å²) in [6.45, 7) is 3.58. The molecule has 1 aliphatic carbocycles. The lowest BCUT2D eigenvalue weighted by molar-refractivity contribution is 0.0307. The molecule has 2 amide bonds. The molecule has 1 saturated carbocycles. The number of anilines is 1. The summed E-state index contributed by atoms with van der Waals surface area (Å²) in [6, 6.07) is 17.4. The first-order chi connectivity index (χ1) is 13.4. The number of carbonyl (C=O) groups excluding carboxylic acids is 1. The van der Waals surface area contributed by atoms with Crippen LogP contribution in [0.3, 0.4) is 0 Å². The number of aliphatic hydroxyl groups is 1. The molecule has 0 aromatic heterocycles. The van der Waals surface area contributed by atoms with Crippen LogP contribution in [0.25, 0.3) is 0 Å². The van der Waals surface area contributed by atoms with Gasteiger partial charge in [-0.1, -0.05) is 37.3 Å². The van der Waals surface area contributed by atoms with Gasteiger partial charge in [0.25, 0.3) is 0 Å². The highest BCUT2D eigenvalue weighted by atomic mass is 16.5. The van der Waals surface area contributed by atoms with Gasteiger partial charge in [0.1, 0.15) is 5.75 Å². The predicted molar refractivity (Wildman–Crippen MR) is 110 cm³/mol. The standard InChI is InChI=1S/C23H28N2O3/c1-22-15-23(27,12-17-6-4-3-5-7-17)13-18(22)14-25(16-22)21(26)24-19-8-10-20(28-2)11-9-19/h3-11,18,27H,12-16H2,1-2H3,(H,24,26)/t18-,22+,23-/m1/s1. The predicted octanol–water partition coefficient (Wildman–Crippen LogP) is 3.93. The van der Waals surface area contributed by atoms with Crippen molar-refractivity contribution in [1.29, 1.82) is 0 Å². The molecule has 2 aromatic carbocycles.